The van der Waals surface area contributed by atoms with E-state index in [0.29, 0.717) is 11.0 Å². The molecule has 1 heterocycles. The van der Waals surface area contributed by atoms with Crippen LogP contribution in [0.1, 0.15) is 55.8 Å². The number of aromatic amines is 1. The number of nitrogens with one attached hydrogen (secondary N) is 2. The second kappa shape index (κ2) is 4.97. The van der Waals surface area contributed by atoms with Crippen LogP contribution in [0.5, 0.6) is 0 Å². The predicted octanol–water partition coefficient (Wildman–Crippen LogP) is 2.71. The van der Waals surface area contributed by atoms with E-state index in [-0.39, 0.29) is 17.5 Å². The Balaban J connectivity index is 1.50. The number of aromatic nitrogens is 1. The first kappa shape index (κ1) is 14.0. The zero-order chi connectivity index (χ0) is 15.3. The number of hydrogen-bond acceptors (Lipinski definition) is 2. The molecule has 4 saturated carbocycles. The molecule has 0 aliphatic heterocycles. The molecule has 1 amide bonds. The van der Waals surface area contributed by atoms with E-state index in [0.717, 1.165) is 17.8 Å². The summed E-state index contributed by atoms with van der Waals surface area (Å²) in [6, 6.07) is 3.21. The quantitative estimate of drug-likeness (QED) is 0.901. The fourth-order valence-electron chi connectivity index (χ4n) is 5.69. The fraction of sp³-hybridized carbons (Fsp3) is 0.667. The smallest absolute Gasteiger partial charge is 0.252 e. The maximum atomic E-state index is 12.4. The van der Waals surface area contributed by atoms with Crippen LogP contribution in [0.15, 0.2) is 23.1 Å². The van der Waals surface area contributed by atoms with Gasteiger partial charge in [-0.05, 0) is 74.7 Å². The summed E-state index contributed by atoms with van der Waals surface area (Å²) in [6.07, 6.45) is 9.60. The maximum Gasteiger partial charge on any atom is 0.252 e. The fourth-order valence-corrected chi connectivity index (χ4v) is 5.69. The van der Waals surface area contributed by atoms with Gasteiger partial charge in [0.2, 0.25) is 5.56 Å². The number of H-pyrrole nitrogens is 1. The second-order valence-electron chi connectivity index (χ2n) is 7.92. The Kier molecular flexibility index (Phi) is 3.17. The van der Waals surface area contributed by atoms with Crippen molar-refractivity contribution < 1.29 is 4.79 Å². The molecule has 2 N–H and O–H groups in total. The average molecular weight is 300 g/mol. The van der Waals surface area contributed by atoms with Gasteiger partial charge in [0.25, 0.3) is 5.91 Å². The molecule has 118 valence electrons. The summed E-state index contributed by atoms with van der Waals surface area (Å²) in [4.78, 5) is 26.1. The van der Waals surface area contributed by atoms with Gasteiger partial charge in [-0.25, -0.2) is 0 Å². The third-order valence-electron chi connectivity index (χ3n) is 6.40. The van der Waals surface area contributed by atoms with Crippen molar-refractivity contribution in [3.8, 4) is 0 Å². The van der Waals surface area contributed by atoms with Crippen LogP contribution in [0.25, 0.3) is 0 Å². The van der Waals surface area contributed by atoms with E-state index in [9.17, 15) is 9.59 Å². The molecule has 1 atom stereocenters. The van der Waals surface area contributed by atoms with Gasteiger partial charge in [-0.2, -0.15) is 0 Å². The molecular weight excluding hydrogens is 276 g/mol. The first-order valence-electron chi connectivity index (χ1n) is 8.54. The van der Waals surface area contributed by atoms with E-state index in [1.807, 2.05) is 0 Å². The van der Waals surface area contributed by atoms with Crippen LogP contribution in [0.3, 0.4) is 0 Å². The molecule has 4 heteroatoms. The molecule has 0 spiro atoms. The highest BCUT2D eigenvalue weighted by atomic mass is 16.2. The second-order valence-corrected chi connectivity index (χ2v) is 7.92. The van der Waals surface area contributed by atoms with Crippen LogP contribution in [0, 0.1) is 23.2 Å². The van der Waals surface area contributed by atoms with Crippen LogP contribution in [-0.2, 0) is 0 Å². The van der Waals surface area contributed by atoms with Crippen molar-refractivity contribution >= 4 is 5.91 Å². The molecular formula is C18H24N2O2. The zero-order valence-corrected chi connectivity index (χ0v) is 13.1. The summed E-state index contributed by atoms with van der Waals surface area (Å²) in [7, 11) is 0. The molecule has 0 saturated heterocycles. The van der Waals surface area contributed by atoms with E-state index in [4.69, 9.17) is 0 Å². The molecule has 0 radical (unpaired) electrons. The van der Waals surface area contributed by atoms with E-state index in [1.54, 1.807) is 6.07 Å². The van der Waals surface area contributed by atoms with Crippen LogP contribution in [0.4, 0.5) is 0 Å². The number of amides is 1. The Hall–Kier alpha value is -1.58. The normalized spacial score (nSPS) is 37.0. The molecule has 22 heavy (non-hydrogen) atoms. The van der Waals surface area contributed by atoms with Crippen LogP contribution in [-0.4, -0.2) is 16.9 Å². The number of carbonyl (C=O) groups is 1. The summed E-state index contributed by atoms with van der Waals surface area (Å²) in [5, 5.41) is 3.21. The van der Waals surface area contributed by atoms with Crippen molar-refractivity contribution in [2.75, 3.05) is 0 Å². The number of rotatable bonds is 3. The molecule has 4 aliphatic carbocycles. The maximum absolute atomic E-state index is 12.4. The lowest BCUT2D eigenvalue weighted by molar-refractivity contribution is -0.0688. The number of hydrogen-bond donors (Lipinski definition) is 2. The standard InChI is InChI=1S/C18H24N2O2/c1-11(20-17(22)15-2-3-16(21)19-10-15)18-7-12-4-13(8-18)6-14(5-12)9-18/h2-3,10-14H,4-9H2,1H3,(H,19,21)(H,20,22). The minimum Gasteiger partial charge on any atom is -0.349 e. The third-order valence-corrected chi connectivity index (χ3v) is 6.40. The highest BCUT2D eigenvalue weighted by Gasteiger charge is 2.53. The highest BCUT2D eigenvalue weighted by molar-refractivity contribution is 5.94. The summed E-state index contributed by atoms with van der Waals surface area (Å²) in [5.74, 6) is 2.59. The average Bonchev–Trinajstić information content (AvgIpc) is 2.46. The monoisotopic (exact) mass is 300 g/mol. The molecule has 1 aromatic heterocycles. The molecule has 4 bridgehead atoms. The van der Waals surface area contributed by atoms with E-state index in [1.165, 1.54) is 50.8 Å². The van der Waals surface area contributed by atoms with Gasteiger partial charge < -0.3 is 10.3 Å². The Bertz CT molecular complexity index is 593. The number of pyridine rings is 1. The Morgan fingerprint density at radius 3 is 2.27 bits per heavy atom. The Labute approximate surface area is 130 Å². The minimum absolute atomic E-state index is 0.0699. The molecule has 1 aromatic rings. The summed E-state index contributed by atoms with van der Waals surface area (Å²) in [5.41, 5.74) is 0.675. The lowest BCUT2D eigenvalue weighted by atomic mass is 9.48. The van der Waals surface area contributed by atoms with Crippen molar-refractivity contribution in [2.24, 2.45) is 23.2 Å². The first-order chi connectivity index (χ1) is 10.5. The van der Waals surface area contributed by atoms with Gasteiger partial charge in [0.1, 0.15) is 0 Å². The summed E-state index contributed by atoms with van der Waals surface area (Å²) in [6.45, 7) is 2.18. The van der Waals surface area contributed by atoms with Gasteiger partial charge in [0, 0.05) is 18.3 Å². The van der Waals surface area contributed by atoms with Crippen LogP contribution < -0.4 is 10.9 Å². The predicted molar refractivity (Wildman–Crippen MR) is 84.6 cm³/mol. The van der Waals surface area contributed by atoms with Gasteiger partial charge in [0.15, 0.2) is 0 Å². The van der Waals surface area contributed by atoms with E-state index < -0.39 is 0 Å². The van der Waals surface area contributed by atoms with Gasteiger partial charge in [-0.1, -0.05) is 0 Å². The molecule has 5 rings (SSSR count). The summed E-state index contributed by atoms with van der Waals surface area (Å²) >= 11 is 0. The molecule has 1 unspecified atom stereocenters. The summed E-state index contributed by atoms with van der Waals surface area (Å²) < 4.78 is 0. The molecule has 4 fully saturated rings. The Morgan fingerprint density at radius 1 is 1.18 bits per heavy atom. The highest BCUT2D eigenvalue weighted by Crippen LogP contribution is 2.61. The largest absolute Gasteiger partial charge is 0.349 e. The van der Waals surface area contributed by atoms with Crippen molar-refractivity contribution in [2.45, 2.75) is 51.5 Å². The van der Waals surface area contributed by atoms with Gasteiger partial charge in [0.05, 0.1) is 5.56 Å². The van der Waals surface area contributed by atoms with Gasteiger partial charge in [-0.3, -0.25) is 9.59 Å². The molecule has 4 nitrogen and oxygen atoms in total. The topological polar surface area (TPSA) is 62.0 Å². The third kappa shape index (κ3) is 2.29. The minimum atomic E-state index is -0.175. The van der Waals surface area contributed by atoms with Crippen molar-refractivity contribution in [3.05, 3.63) is 34.2 Å². The SMILES string of the molecule is CC(NC(=O)c1ccc(=O)[nH]c1)C12CC3CC(CC(C3)C1)C2. The van der Waals surface area contributed by atoms with Gasteiger partial charge >= 0.3 is 0 Å². The first-order valence-corrected chi connectivity index (χ1v) is 8.54. The van der Waals surface area contributed by atoms with Crippen LogP contribution in [0.2, 0.25) is 0 Å². The van der Waals surface area contributed by atoms with Crippen molar-refractivity contribution in [1.29, 1.82) is 0 Å². The lowest BCUT2D eigenvalue weighted by Gasteiger charge is -2.59. The zero-order valence-electron chi connectivity index (χ0n) is 13.1. The van der Waals surface area contributed by atoms with E-state index in [2.05, 4.69) is 17.2 Å². The van der Waals surface area contributed by atoms with Crippen molar-refractivity contribution in [1.82, 2.24) is 10.3 Å². The van der Waals surface area contributed by atoms with Crippen LogP contribution >= 0.6 is 0 Å². The molecule has 4 aliphatic rings. The lowest BCUT2D eigenvalue weighted by Crippen LogP contribution is -2.55. The Morgan fingerprint density at radius 2 is 1.77 bits per heavy atom. The number of carbonyl (C=O) groups excluding carboxylic acids is 1. The molecule has 0 aromatic carbocycles. The van der Waals surface area contributed by atoms with Gasteiger partial charge in [-0.15, -0.1) is 0 Å². The van der Waals surface area contributed by atoms with E-state index >= 15 is 0 Å². The van der Waals surface area contributed by atoms with Crippen molar-refractivity contribution in [3.63, 3.8) is 0 Å².